The Morgan fingerprint density at radius 3 is 2.36 bits per heavy atom. The van der Waals surface area contributed by atoms with Gasteiger partial charge < -0.3 is 19.2 Å². The second kappa shape index (κ2) is 9.35. The summed E-state index contributed by atoms with van der Waals surface area (Å²) in [7, 11) is 0. The number of piperidine rings is 1. The summed E-state index contributed by atoms with van der Waals surface area (Å²) in [5, 5.41) is 11.4. The molecule has 33 heavy (non-hydrogen) atoms. The van der Waals surface area contributed by atoms with Crippen LogP contribution in [0.2, 0.25) is 0 Å². The summed E-state index contributed by atoms with van der Waals surface area (Å²) in [6.45, 7) is 4.54. The minimum atomic E-state index is -1.12. The number of hydrogen-bond acceptors (Lipinski definition) is 4. The lowest BCUT2D eigenvalue weighted by Crippen LogP contribution is -2.59. The topological polar surface area (TPSA) is 62.9 Å². The molecule has 1 amide bonds. The molecule has 7 heteroatoms. The Bertz CT molecular complexity index is 1090. The number of amides is 1. The van der Waals surface area contributed by atoms with Crippen LogP contribution in [-0.4, -0.2) is 40.7 Å². The first-order valence-electron chi connectivity index (χ1n) is 11.0. The van der Waals surface area contributed by atoms with Gasteiger partial charge >= 0.3 is 0 Å². The van der Waals surface area contributed by atoms with Crippen LogP contribution in [0.15, 0.2) is 65.1 Å². The lowest BCUT2D eigenvalue weighted by Gasteiger charge is -2.44. The van der Waals surface area contributed by atoms with Crippen LogP contribution in [0, 0.1) is 17.6 Å². The Morgan fingerprint density at radius 2 is 1.73 bits per heavy atom. The van der Waals surface area contributed by atoms with Gasteiger partial charge in [0.05, 0.1) is 6.54 Å². The van der Waals surface area contributed by atoms with Gasteiger partial charge in [0.2, 0.25) is 0 Å². The molecule has 2 heterocycles. The van der Waals surface area contributed by atoms with Crippen LogP contribution in [0.4, 0.5) is 8.78 Å². The summed E-state index contributed by atoms with van der Waals surface area (Å²) in [6, 6.07) is 14.7. The van der Waals surface area contributed by atoms with Crippen molar-refractivity contribution in [3.63, 3.8) is 0 Å². The average Bonchev–Trinajstić information content (AvgIpc) is 3.26. The van der Waals surface area contributed by atoms with Gasteiger partial charge in [-0.2, -0.15) is 0 Å². The number of nitrogens with zero attached hydrogens (tertiary/aromatic N) is 1. The molecule has 0 bridgehead atoms. The zero-order chi connectivity index (χ0) is 23.6. The number of carbonyl (C=O) groups excluding carboxylic acids is 1. The van der Waals surface area contributed by atoms with Crippen molar-refractivity contribution in [2.24, 2.45) is 5.92 Å². The Kier molecular flexibility index (Phi) is 6.51. The van der Waals surface area contributed by atoms with E-state index in [2.05, 4.69) is 0 Å². The molecule has 0 radical (unpaired) electrons. The van der Waals surface area contributed by atoms with Crippen molar-refractivity contribution in [2.45, 2.75) is 38.4 Å². The molecule has 1 saturated heterocycles. The molecule has 0 saturated carbocycles. The van der Waals surface area contributed by atoms with E-state index in [4.69, 9.17) is 9.15 Å². The van der Waals surface area contributed by atoms with Gasteiger partial charge in [-0.25, -0.2) is 8.78 Å². The minimum absolute atomic E-state index is 0.157. The molecule has 5 nitrogen and oxygen atoms in total. The third-order valence-electron chi connectivity index (χ3n) is 5.89. The largest absolute Gasteiger partial charge is 0.486 e. The quantitative estimate of drug-likeness (QED) is 0.548. The Hall–Kier alpha value is -3.19. The first kappa shape index (κ1) is 23.0. The third kappa shape index (κ3) is 5.25. The highest BCUT2D eigenvalue weighted by atomic mass is 19.1. The predicted molar refractivity (Wildman–Crippen MR) is 120 cm³/mol. The molecule has 2 atom stereocenters. The molecule has 3 aromatic rings. The molecule has 1 N–H and O–H groups in total. The van der Waals surface area contributed by atoms with E-state index in [1.807, 2.05) is 13.8 Å². The molecule has 0 unspecified atom stereocenters. The fourth-order valence-corrected chi connectivity index (χ4v) is 4.28. The normalized spacial score (nSPS) is 20.8. The molecular formula is C26H27F2NO4. The van der Waals surface area contributed by atoms with Crippen LogP contribution >= 0.6 is 0 Å². The van der Waals surface area contributed by atoms with Crippen LogP contribution in [0.1, 0.15) is 37.2 Å². The first-order valence-corrected chi connectivity index (χ1v) is 11.0. The zero-order valence-electron chi connectivity index (χ0n) is 18.6. The van der Waals surface area contributed by atoms with Crippen LogP contribution in [0.25, 0.3) is 11.3 Å². The van der Waals surface area contributed by atoms with E-state index in [1.54, 1.807) is 29.2 Å². The summed E-state index contributed by atoms with van der Waals surface area (Å²) >= 11 is 0. The van der Waals surface area contributed by atoms with E-state index in [0.717, 1.165) is 0 Å². The molecule has 1 fully saturated rings. The van der Waals surface area contributed by atoms with Gasteiger partial charge in [-0.05, 0) is 79.4 Å². The summed E-state index contributed by atoms with van der Waals surface area (Å²) in [5.74, 6) is 0.220. The van der Waals surface area contributed by atoms with E-state index >= 15 is 0 Å². The molecule has 1 aliphatic heterocycles. The van der Waals surface area contributed by atoms with Gasteiger partial charge in [-0.15, -0.1) is 0 Å². The molecule has 0 aliphatic carbocycles. The molecular weight excluding hydrogens is 428 g/mol. The second-order valence-corrected chi connectivity index (χ2v) is 8.93. The van der Waals surface area contributed by atoms with E-state index in [9.17, 15) is 18.7 Å². The number of furan rings is 1. The number of hydrogen-bond donors (Lipinski definition) is 1. The summed E-state index contributed by atoms with van der Waals surface area (Å²) in [5.41, 5.74) is -0.459. The van der Waals surface area contributed by atoms with E-state index in [1.165, 1.54) is 36.4 Å². The number of likely N-dealkylation sites (tertiary alicyclic amines) is 1. The highest BCUT2D eigenvalue weighted by Gasteiger charge is 2.45. The Balaban J connectivity index is 1.53. The fraction of sp³-hybridized carbons (Fsp3) is 0.346. The van der Waals surface area contributed by atoms with Crippen molar-refractivity contribution in [3.05, 3.63) is 78.1 Å². The lowest BCUT2D eigenvalue weighted by molar-refractivity contribution is -0.111. The van der Waals surface area contributed by atoms with E-state index in [0.29, 0.717) is 36.5 Å². The molecule has 0 spiro atoms. The number of rotatable bonds is 6. The smallest absolute Gasteiger partial charge is 0.289 e. The predicted octanol–water partition coefficient (Wildman–Crippen LogP) is 5.30. The number of benzene rings is 2. The number of aliphatic hydroxyl groups is 1. The van der Waals surface area contributed by atoms with Gasteiger partial charge in [0, 0.05) is 12.1 Å². The van der Waals surface area contributed by atoms with Crippen LogP contribution in [0.3, 0.4) is 0 Å². The fourth-order valence-electron chi connectivity index (χ4n) is 4.28. The lowest BCUT2D eigenvalue weighted by atomic mass is 9.81. The van der Waals surface area contributed by atoms with Gasteiger partial charge in [0.25, 0.3) is 5.91 Å². The van der Waals surface area contributed by atoms with Crippen molar-refractivity contribution in [2.75, 3.05) is 13.1 Å². The van der Waals surface area contributed by atoms with Crippen molar-refractivity contribution in [1.82, 2.24) is 4.90 Å². The summed E-state index contributed by atoms with van der Waals surface area (Å²) < 4.78 is 38.3. The number of carbonyl (C=O) groups is 1. The van der Waals surface area contributed by atoms with E-state index in [-0.39, 0.29) is 35.8 Å². The van der Waals surface area contributed by atoms with Crippen molar-refractivity contribution in [1.29, 1.82) is 0 Å². The maximum Gasteiger partial charge on any atom is 0.289 e. The van der Waals surface area contributed by atoms with Crippen molar-refractivity contribution >= 4 is 5.91 Å². The maximum atomic E-state index is 13.3. The Morgan fingerprint density at radius 1 is 1.09 bits per heavy atom. The summed E-state index contributed by atoms with van der Waals surface area (Å²) in [4.78, 5) is 14.8. The first-order chi connectivity index (χ1) is 15.7. The average molecular weight is 456 g/mol. The molecule has 174 valence electrons. The monoisotopic (exact) mass is 455 g/mol. The molecule has 1 aromatic heterocycles. The van der Waals surface area contributed by atoms with Crippen LogP contribution in [-0.2, 0) is 0 Å². The molecule has 2 aromatic carbocycles. The maximum absolute atomic E-state index is 13.3. The van der Waals surface area contributed by atoms with Crippen molar-refractivity contribution < 1.29 is 27.8 Å². The van der Waals surface area contributed by atoms with Gasteiger partial charge in [-0.3, -0.25) is 4.79 Å². The number of ether oxygens (including phenoxy) is 1. The van der Waals surface area contributed by atoms with Crippen LogP contribution < -0.4 is 4.74 Å². The highest BCUT2D eigenvalue weighted by Crippen LogP contribution is 2.33. The molecule has 1 aliphatic rings. The number of halogens is 2. The Labute approximate surface area is 191 Å². The molecule has 4 rings (SSSR count). The minimum Gasteiger partial charge on any atom is -0.486 e. The SMILES string of the molecule is CC(C)C[C@]1(O)CCN(C(=O)c2ccc(-c3ccc(F)cc3)o2)C[C@@H]1Oc1ccc(F)cc1. The van der Waals surface area contributed by atoms with Gasteiger partial charge in [-0.1, -0.05) is 13.8 Å². The summed E-state index contributed by atoms with van der Waals surface area (Å²) in [6.07, 6.45) is 0.166. The standard InChI is InChI=1S/C26H27F2NO4/c1-17(2)15-26(31)13-14-29(16-24(26)32-21-9-7-20(28)8-10-21)25(30)23-12-11-22(33-23)18-3-5-19(27)6-4-18/h3-12,17,24,31H,13-16H2,1-2H3/t24-,26+/m0/s1. The third-order valence-corrected chi connectivity index (χ3v) is 5.89. The van der Waals surface area contributed by atoms with Crippen LogP contribution in [0.5, 0.6) is 5.75 Å². The second-order valence-electron chi connectivity index (χ2n) is 8.93. The highest BCUT2D eigenvalue weighted by molar-refractivity contribution is 5.92. The van der Waals surface area contributed by atoms with Gasteiger partial charge in [0.15, 0.2) is 5.76 Å². The van der Waals surface area contributed by atoms with E-state index < -0.39 is 11.7 Å². The van der Waals surface area contributed by atoms with Gasteiger partial charge in [0.1, 0.15) is 34.8 Å². The van der Waals surface area contributed by atoms with Crippen molar-refractivity contribution in [3.8, 4) is 17.1 Å². The zero-order valence-corrected chi connectivity index (χ0v) is 18.6.